The molecule has 1 aromatic carbocycles. The van der Waals surface area contributed by atoms with Gasteiger partial charge >= 0.3 is 0 Å². The van der Waals surface area contributed by atoms with E-state index in [1.165, 1.54) is 6.42 Å². The summed E-state index contributed by atoms with van der Waals surface area (Å²) in [5.74, 6) is 0.867. The van der Waals surface area contributed by atoms with E-state index in [1.54, 1.807) is 6.07 Å². The zero-order valence-electron chi connectivity index (χ0n) is 15.8. The number of rotatable bonds is 5. The molecule has 1 aliphatic rings. The number of hydrogen-bond donors (Lipinski definition) is 2. The van der Waals surface area contributed by atoms with Crippen molar-refractivity contribution < 1.29 is 9.67 Å². The molecule has 2 heterocycles. The van der Waals surface area contributed by atoms with Crippen LogP contribution in [-0.2, 0) is 4.57 Å². The van der Waals surface area contributed by atoms with Crippen LogP contribution in [0.25, 0.3) is 0 Å². The first-order valence-corrected chi connectivity index (χ1v) is 11.5. The topological polar surface area (TPSA) is 75.1 Å². The molecule has 1 aliphatic heterocycles. The lowest BCUT2D eigenvalue weighted by molar-refractivity contribution is 0.470. The molecule has 0 amide bonds. The lowest BCUT2D eigenvalue weighted by Gasteiger charge is -2.31. The minimum Gasteiger partial charge on any atom is -0.508 e. The number of benzene rings is 1. The molecule has 0 spiro atoms. The Bertz CT molecular complexity index is 808. The Morgan fingerprint density at radius 2 is 1.73 bits per heavy atom. The van der Waals surface area contributed by atoms with Crippen molar-refractivity contribution in [2.45, 2.75) is 45.7 Å². The number of phenolic OH excluding ortho intramolecular Hbond substituents is 1. The third-order valence-corrected chi connectivity index (χ3v) is 8.95. The molecule has 0 bridgehead atoms. The maximum atomic E-state index is 13.7. The summed E-state index contributed by atoms with van der Waals surface area (Å²) in [6.07, 6.45) is 4.83. The second kappa shape index (κ2) is 7.79. The van der Waals surface area contributed by atoms with Crippen molar-refractivity contribution in [2.75, 3.05) is 24.2 Å². The van der Waals surface area contributed by atoms with Gasteiger partial charge in [0.15, 0.2) is 0 Å². The van der Waals surface area contributed by atoms with Gasteiger partial charge in [-0.1, -0.05) is 18.6 Å². The van der Waals surface area contributed by atoms with Gasteiger partial charge in [0.05, 0.1) is 12.8 Å². The van der Waals surface area contributed by atoms with Crippen LogP contribution >= 0.6 is 7.14 Å². The lowest BCUT2D eigenvalue weighted by atomic mass is 10.1. The van der Waals surface area contributed by atoms with Gasteiger partial charge in [0.1, 0.15) is 5.75 Å². The van der Waals surface area contributed by atoms with E-state index in [1.807, 2.05) is 39.0 Å². The number of nitrogens with zero attached hydrogens (tertiary/aromatic N) is 2. The average Bonchev–Trinajstić information content (AvgIpc) is 2.58. The third kappa shape index (κ3) is 4.27. The third-order valence-electron chi connectivity index (χ3n) is 5.18. The first-order valence-electron chi connectivity index (χ1n) is 9.31. The maximum absolute atomic E-state index is 13.7. The Morgan fingerprint density at radius 3 is 2.35 bits per heavy atom. The Morgan fingerprint density at radius 1 is 1.08 bits per heavy atom. The molecule has 3 rings (SSSR count). The molecule has 0 saturated carbocycles. The van der Waals surface area contributed by atoms with E-state index in [4.69, 9.17) is 0 Å². The highest BCUT2D eigenvalue weighted by atomic mass is 31.2. The van der Waals surface area contributed by atoms with Crippen molar-refractivity contribution >= 4 is 13.1 Å². The Labute approximate surface area is 155 Å². The normalized spacial score (nSPS) is 17.7. The fourth-order valence-corrected chi connectivity index (χ4v) is 7.29. The van der Waals surface area contributed by atoms with Gasteiger partial charge in [0.25, 0.3) is 0 Å². The summed E-state index contributed by atoms with van der Waals surface area (Å²) in [6, 6.07) is 7.53. The van der Waals surface area contributed by atoms with Crippen LogP contribution in [0.15, 0.2) is 24.3 Å². The smallest absolute Gasteiger partial charge is 0.223 e. The minimum absolute atomic E-state index is 0.0773. The molecular formula is C20H28N3O2P. The van der Waals surface area contributed by atoms with Crippen LogP contribution in [0.5, 0.6) is 5.75 Å². The number of nitrogens with one attached hydrogen (secondary N) is 1. The van der Waals surface area contributed by atoms with Gasteiger partial charge in [-0.25, -0.2) is 9.97 Å². The van der Waals surface area contributed by atoms with Crippen LogP contribution in [0.1, 0.15) is 47.4 Å². The van der Waals surface area contributed by atoms with E-state index >= 15 is 0 Å². The molecule has 1 atom stereocenters. The largest absolute Gasteiger partial charge is 0.508 e. The van der Waals surface area contributed by atoms with E-state index in [0.717, 1.165) is 47.7 Å². The lowest BCUT2D eigenvalue weighted by Crippen LogP contribution is -2.19. The van der Waals surface area contributed by atoms with E-state index < -0.39 is 7.14 Å². The molecule has 1 fully saturated rings. The molecule has 26 heavy (non-hydrogen) atoms. The molecular weight excluding hydrogens is 345 g/mol. The van der Waals surface area contributed by atoms with Crippen molar-refractivity contribution in [1.29, 1.82) is 0 Å². The van der Waals surface area contributed by atoms with Crippen LogP contribution in [-0.4, -0.2) is 33.9 Å². The Kier molecular flexibility index (Phi) is 5.67. The summed E-state index contributed by atoms with van der Waals surface area (Å²) < 4.78 is 13.7. The maximum Gasteiger partial charge on any atom is 0.223 e. The monoisotopic (exact) mass is 373 g/mol. The number of phenols is 1. The van der Waals surface area contributed by atoms with Gasteiger partial charge in [-0.3, -0.25) is 0 Å². The molecule has 0 aliphatic carbocycles. The number of aromatic nitrogens is 2. The summed E-state index contributed by atoms with van der Waals surface area (Å²) >= 11 is 0. The predicted molar refractivity (Wildman–Crippen MR) is 107 cm³/mol. The second-order valence-electron chi connectivity index (χ2n) is 7.38. The van der Waals surface area contributed by atoms with Crippen molar-refractivity contribution in [3.63, 3.8) is 0 Å². The van der Waals surface area contributed by atoms with E-state index in [-0.39, 0.29) is 11.4 Å². The van der Waals surface area contributed by atoms with Crippen LogP contribution < -0.4 is 5.32 Å². The van der Waals surface area contributed by atoms with Crippen LogP contribution in [0, 0.1) is 20.8 Å². The quantitative estimate of drug-likeness (QED) is 0.736. The zero-order valence-corrected chi connectivity index (χ0v) is 16.7. The molecule has 140 valence electrons. The molecule has 5 nitrogen and oxygen atoms in total. The summed E-state index contributed by atoms with van der Waals surface area (Å²) in [5, 5.41) is 13.2. The van der Waals surface area contributed by atoms with Crippen molar-refractivity contribution in [3.8, 4) is 5.75 Å². The van der Waals surface area contributed by atoms with Crippen molar-refractivity contribution in [1.82, 2.24) is 9.97 Å². The highest BCUT2D eigenvalue weighted by molar-refractivity contribution is 7.64. The molecule has 1 saturated heterocycles. The minimum atomic E-state index is -2.34. The first-order chi connectivity index (χ1) is 12.4. The first kappa shape index (κ1) is 18.9. The van der Waals surface area contributed by atoms with Crippen LogP contribution in [0.4, 0.5) is 5.95 Å². The van der Waals surface area contributed by atoms with Crippen molar-refractivity contribution in [2.24, 2.45) is 0 Å². The highest BCUT2D eigenvalue weighted by Crippen LogP contribution is 2.62. The average molecular weight is 373 g/mol. The molecule has 1 unspecified atom stereocenters. The number of aryl methyl sites for hydroxylation is 3. The highest BCUT2D eigenvalue weighted by Gasteiger charge is 2.35. The molecule has 6 heteroatoms. The number of hydrogen-bond acceptors (Lipinski definition) is 5. The second-order valence-corrected chi connectivity index (χ2v) is 10.8. The predicted octanol–water partition coefficient (Wildman–Crippen LogP) is 4.81. The van der Waals surface area contributed by atoms with Crippen molar-refractivity contribution in [3.05, 3.63) is 46.8 Å². The van der Waals surface area contributed by atoms with Gasteiger partial charge in [-0.15, -0.1) is 0 Å². The van der Waals surface area contributed by atoms with Gasteiger partial charge in [0.2, 0.25) is 5.95 Å². The summed E-state index contributed by atoms with van der Waals surface area (Å²) in [7, 11) is -2.34. The van der Waals surface area contributed by atoms with Gasteiger partial charge in [-0.05, 0) is 56.9 Å². The van der Waals surface area contributed by atoms with Crippen LogP contribution in [0.3, 0.4) is 0 Å². The fourth-order valence-electron chi connectivity index (χ4n) is 3.79. The summed E-state index contributed by atoms with van der Waals surface area (Å²) in [5.41, 5.74) is 3.61. The van der Waals surface area contributed by atoms with Gasteiger partial charge in [-0.2, -0.15) is 0 Å². The van der Waals surface area contributed by atoms with E-state index in [2.05, 4.69) is 15.3 Å². The summed E-state index contributed by atoms with van der Waals surface area (Å²) in [6.45, 7) is 6.32. The Hall–Kier alpha value is -1.87. The molecule has 1 aromatic heterocycles. The standard InChI is InChI=1S/C20H28N3O2P/c1-14-11-17(7-8-18(14)24)19(26(25)9-5-4-6-10-26)13-21-20-22-15(2)12-16(3)23-20/h7-8,11-12,19,24H,4-6,9-10,13H2,1-3H3,(H,21,22,23). The van der Waals surface area contributed by atoms with E-state index in [0.29, 0.717) is 12.5 Å². The zero-order chi connectivity index (χ0) is 18.7. The number of aromatic hydroxyl groups is 1. The van der Waals surface area contributed by atoms with Crippen LogP contribution in [0.2, 0.25) is 0 Å². The Balaban J connectivity index is 1.89. The fraction of sp³-hybridized carbons (Fsp3) is 0.500. The van der Waals surface area contributed by atoms with Gasteiger partial charge in [0, 0.05) is 30.3 Å². The molecule has 0 radical (unpaired) electrons. The SMILES string of the molecule is Cc1cc(C)nc(NCC(c2ccc(O)c(C)c2)P2(=O)CCCCC2)n1. The molecule has 2 N–H and O–H groups in total. The number of anilines is 1. The summed E-state index contributed by atoms with van der Waals surface area (Å²) in [4.78, 5) is 8.89. The van der Waals surface area contributed by atoms with Gasteiger partial charge < -0.3 is 15.0 Å². The molecule has 2 aromatic rings. The van der Waals surface area contributed by atoms with E-state index in [9.17, 15) is 9.67 Å².